The van der Waals surface area contributed by atoms with E-state index in [9.17, 15) is 10.2 Å². The van der Waals surface area contributed by atoms with Gasteiger partial charge in [-0.2, -0.15) is 0 Å². The van der Waals surface area contributed by atoms with E-state index in [-0.39, 0.29) is 23.0 Å². The van der Waals surface area contributed by atoms with Crippen LogP contribution in [0.1, 0.15) is 59.5 Å². The van der Waals surface area contributed by atoms with Gasteiger partial charge in [0.05, 0.1) is 0 Å². The van der Waals surface area contributed by atoms with Crippen LogP contribution < -0.4 is 0 Å². The number of phenolic OH excluding ortho intramolecular Hbond substituents is 2. The van der Waals surface area contributed by atoms with Crippen LogP contribution in [0.3, 0.4) is 0 Å². The fourth-order valence-corrected chi connectivity index (χ4v) is 3.53. The third-order valence-electron chi connectivity index (χ3n) is 4.79. The van der Waals surface area contributed by atoms with E-state index in [2.05, 4.69) is 32.6 Å². The molecule has 2 rings (SSSR count). The van der Waals surface area contributed by atoms with Crippen molar-refractivity contribution in [2.75, 3.05) is 6.54 Å². The van der Waals surface area contributed by atoms with Crippen molar-refractivity contribution in [3.63, 3.8) is 0 Å². The molecule has 1 atom stereocenters. The number of hydrogen-bond acceptors (Lipinski definition) is 3. The van der Waals surface area contributed by atoms with Crippen LogP contribution >= 0.6 is 0 Å². The SMILES string of the molecule is [2H]C([2H])c1c(O)ccc(O)c1[C@H](CCN(C(C)C)C(C)C)c1ccccc1. The molecule has 0 aliphatic heterocycles. The third kappa shape index (κ3) is 4.55. The lowest BCUT2D eigenvalue weighted by Crippen LogP contribution is -2.38. The lowest BCUT2D eigenvalue weighted by molar-refractivity contribution is 0.170. The molecular weight excluding hydrogens is 310 g/mol. The molecule has 3 nitrogen and oxygen atoms in total. The molecule has 0 aliphatic rings. The molecule has 0 radical (unpaired) electrons. The Kier molecular flexibility index (Phi) is 5.53. The van der Waals surface area contributed by atoms with Gasteiger partial charge in [-0.25, -0.2) is 0 Å². The van der Waals surface area contributed by atoms with Crippen LogP contribution in [0, 0.1) is 6.88 Å². The molecule has 2 N–H and O–H groups in total. The van der Waals surface area contributed by atoms with Gasteiger partial charge in [-0.05, 0) is 70.8 Å². The van der Waals surface area contributed by atoms with Crippen molar-refractivity contribution in [2.45, 2.75) is 59.0 Å². The second-order valence-electron chi connectivity index (χ2n) is 7.11. The largest absolute Gasteiger partial charge is 0.508 e. The molecule has 0 aromatic heterocycles. The van der Waals surface area contributed by atoms with Crippen molar-refractivity contribution < 1.29 is 13.0 Å². The minimum absolute atomic E-state index is 0.0294. The van der Waals surface area contributed by atoms with Crippen LogP contribution in [0.5, 0.6) is 11.5 Å². The van der Waals surface area contributed by atoms with Gasteiger partial charge in [-0.15, -0.1) is 0 Å². The fourth-order valence-electron chi connectivity index (χ4n) is 3.53. The minimum Gasteiger partial charge on any atom is -0.508 e. The van der Waals surface area contributed by atoms with Gasteiger partial charge >= 0.3 is 0 Å². The smallest absolute Gasteiger partial charge is 0.119 e. The molecule has 2 aromatic carbocycles. The van der Waals surface area contributed by atoms with Crippen LogP contribution in [-0.4, -0.2) is 33.7 Å². The lowest BCUT2D eigenvalue weighted by atomic mass is 9.84. The summed E-state index contributed by atoms with van der Waals surface area (Å²) in [6.45, 7) is 8.10. The van der Waals surface area contributed by atoms with Crippen molar-refractivity contribution in [1.82, 2.24) is 4.90 Å². The predicted molar refractivity (Wildman–Crippen MR) is 104 cm³/mol. The second kappa shape index (κ2) is 8.39. The molecule has 25 heavy (non-hydrogen) atoms. The molecule has 0 saturated heterocycles. The van der Waals surface area contributed by atoms with E-state index < -0.39 is 6.88 Å². The first-order valence-corrected chi connectivity index (χ1v) is 8.93. The topological polar surface area (TPSA) is 43.7 Å². The van der Waals surface area contributed by atoms with E-state index in [1.54, 1.807) is 0 Å². The van der Waals surface area contributed by atoms with Crippen molar-refractivity contribution in [2.24, 2.45) is 0 Å². The highest BCUT2D eigenvalue weighted by Gasteiger charge is 2.23. The lowest BCUT2D eigenvalue weighted by Gasteiger charge is -2.32. The van der Waals surface area contributed by atoms with E-state index >= 15 is 0 Å². The van der Waals surface area contributed by atoms with Gasteiger partial charge in [0.2, 0.25) is 0 Å². The number of nitrogens with zero attached hydrogens (tertiary/aromatic N) is 1. The normalized spacial score (nSPS) is 14.2. The summed E-state index contributed by atoms with van der Waals surface area (Å²) in [5.41, 5.74) is 1.68. The van der Waals surface area contributed by atoms with Crippen LogP contribution in [0.2, 0.25) is 0 Å². The van der Waals surface area contributed by atoms with Crippen molar-refractivity contribution in [3.8, 4) is 11.5 Å². The zero-order valence-corrected chi connectivity index (χ0v) is 15.6. The van der Waals surface area contributed by atoms with Crippen LogP contribution in [-0.2, 0) is 0 Å². The molecule has 0 heterocycles. The maximum Gasteiger partial charge on any atom is 0.119 e. The Labute approximate surface area is 154 Å². The Morgan fingerprint density at radius 3 is 2.08 bits per heavy atom. The third-order valence-corrected chi connectivity index (χ3v) is 4.79. The first kappa shape index (κ1) is 16.5. The van der Waals surface area contributed by atoms with Crippen molar-refractivity contribution in [3.05, 3.63) is 59.2 Å². The number of aromatic hydroxyl groups is 2. The Morgan fingerprint density at radius 1 is 0.920 bits per heavy atom. The van der Waals surface area contributed by atoms with Gasteiger partial charge in [0.25, 0.3) is 0 Å². The summed E-state index contributed by atoms with van der Waals surface area (Å²) in [5, 5.41) is 20.9. The van der Waals surface area contributed by atoms with Gasteiger partial charge in [0.1, 0.15) is 11.5 Å². The molecule has 0 aliphatic carbocycles. The monoisotopic (exact) mass is 343 g/mol. The quantitative estimate of drug-likeness (QED) is 0.692. The Morgan fingerprint density at radius 2 is 1.52 bits per heavy atom. The van der Waals surface area contributed by atoms with Gasteiger partial charge in [-0.1, -0.05) is 30.3 Å². The summed E-state index contributed by atoms with van der Waals surface area (Å²) in [5.74, 6) is -0.281. The van der Waals surface area contributed by atoms with Gasteiger partial charge in [-0.3, -0.25) is 4.90 Å². The van der Waals surface area contributed by atoms with Gasteiger partial charge in [0, 0.05) is 26.3 Å². The molecule has 0 spiro atoms. The van der Waals surface area contributed by atoms with E-state index in [4.69, 9.17) is 2.74 Å². The van der Waals surface area contributed by atoms with E-state index in [1.165, 1.54) is 12.1 Å². The highest BCUT2D eigenvalue weighted by Crippen LogP contribution is 2.39. The molecule has 136 valence electrons. The van der Waals surface area contributed by atoms with Crippen LogP contribution in [0.4, 0.5) is 0 Å². The summed E-state index contributed by atoms with van der Waals surface area (Å²) in [6, 6.07) is 13.4. The van der Waals surface area contributed by atoms with Crippen molar-refractivity contribution >= 4 is 0 Å². The molecule has 3 heteroatoms. The molecule has 0 bridgehead atoms. The van der Waals surface area contributed by atoms with Gasteiger partial charge in [0.15, 0.2) is 0 Å². The molecule has 0 unspecified atom stereocenters. The van der Waals surface area contributed by atoms with Crippen molar-refractivity contribution in [1.29, 1.82) is 0 Å². The number of rotatable bonds is 7. The predicted octanol–water partition coefficient (Wildman–Crippen LogP) is 5.05. The summed E-state index contributed by atoms with van der Waals surface area (Å²) >= 11 is 0. The molecule has 2 aromatic rings. The zero-order valence-electron chi connectivity index (χ0n) is 17.6. The molecular formula is C22H31NO2. The zero-order chi connectivity index (χ0) is 20.1. The first-order valence-electron chi connectivity index (χ1n) is 10.1. The first-order chi connectivity index (χ1) is 12.7. The molecule has 0 fully saturated rings. The Hall–Kier alpha value is -2.00. The molecule has 0 amide bonds. The maximum atomic E-state index is 10.6. The van der Waals surface area contributed by atoms with Crippen LogP contribution in [0.15, 0.2) is 42.5 Å². The average molecular weight is 344 g/mol. The number of benzene rings is 2. The summed E-state index contributed by atoms with van der Waals surface area (Å²) in [4.78, 5) is 2.38. The maximum absolute atomic E-state index is 10.6. The molecule has 0 saturated carbocycles. The van der Waals surface area contributed by atoms with E-state index in [0.29, 0.717) is 17.6 Å². The highest BCUT2D eigenvalue weighted by atomic mass is 16.3. The summed E-state index contributed by atoms with van der Waals surface area (Å²) in [7, 11) is 0. The van der Waals surface area contributed by atoms with Crippen LogP contribution in [0.25, 0.3) is 0 Å². The second-order valence-corrected chi connectivity index (χ2v) is 7.11. The fraction of sp³-hybridized carbons (Fsp3) is 0.455. The summed E-state index contributed by atoms with van der Waals surface area (Å²) < 4.78 is 15.8. The standard InChI is InChI=1S/C22H31NO2/c1-15(2)23(16(3)4)14-13-19(18-9-7-6-8-10-18)22-17(5)20(24)11-12-21(22)25/h6-12,15-16,19,24-25H,13-14H2,1-5H3/t19-/m1/s1/i5D2. The summed E-state index contributed by atoms with van der Waals surface area (Å²) in [6.07, 6.45) is 0.719. The van der Waals surface area contributed by atoms with E-state index in [1.807, 2.05) is 30.3 Å². The van der Waals surface area contributed by atoms with Gasteiger partial charge < -0.3 is 10.2 Å². The Bertz CT molecular complexity index is 725. The van der Waals surface area contributed by atoms with E-state index in [0.717, 1.165) is 18.5 Å². The Balaban J connectivity index is 2.51. The highest BCUT2D eigenvalue weighted by molar-refractivity contribution is 5.51. The number of hydrogen-bond donors (Lipinski definition) is 2. The average Bonchev–Trinajstić information content (AvgIpc) is 2.60. The minimum atomic E-state index is -1.37. The number of phenols is 2.